The lowest BCUT2D eigenvalue weighted by Crippen LogP contribution is -2.34. The molecule has 0 fully saturated rings. The lowest BCUT2D eigenvalue weighted by atomic mass is 10.3. The zero-order chi connectivity index (χ0) is 13.6. The minimum absolute atomic E-state index is 0.252. The van der Waals surface area contributed by atoms with Crippen LogP contribution in [0.3, 0.4) is 0 Å². The second-order valence-electron chi connectivity index (χ2n) is 3.69. The predicted molar refractivity (Wildman–Crippen MR) is 59.8 cm³/mol. The summed E-state index contributed by atoms with van der Waals surface area (Å²) in [5.41, 5.74) is 0. The van der Waals surface area contributed by atoms with Crippen molar-refractivity contribution in [1.82, 2.24) is 0 Å². The largest absolute Gasteiger partial charge is 0.494 e. The quantitative estimate of drug-likeness (QED) is 0.858. The Bertz CT molecular complexity index is 349. The smallest absolute Gasteiger partial charge is 0.417 e. The minimum atomic E-state index is -4.66. The fourth-order valence-corrected chi connectivity index (χ4v) is 1.12. The standard InChI is InChI=1S/C12H15F3O3/c1-2-7-17-9-3-5-10(6-4-9)18-8-11(16)12(13,14)15/h3-6,11,16H,2,7-8H2,1H3. The van der Waals surface area contributed by atoms with E-state index in [1.165, 1.54) is 12.1 Å². The van der Waals surface area contributed by atoms with Crippen molar-refractivity contribution in [2.75, 3.05) is 13.2 Å². The number of aliphatic hydroxyl groups excluding tert-OH is 1. The SMILES string of the molecule is CCCOc1ccc(OCC(O)C(F)(F)F)cc1. The van der Waals surface area contributed by atoms with Crippen LogP contribution in [-0.4, -0.2) is 30.6 Å². The number of benzene rings is 1. The third-order valence-corrected chi connectivity index (χ3v) is 2.08. The third-order valence-electron chi connectivity index (χ3n) is 2.08. The van der Waals surface area contributed by atoms with Crippen molar-refractivity contribution in [3.8, 4) is 11.5 Å². The van der Waals surface area contributed by atoms with E-state index in [1.807, 2.05) is 6.92 Å². The summed E-state index contributed by atoms with van der Waals surface area (Å²) < 4.78 is 46.1. The average molecular weight is 264 g/mol. The van der Waals surface area contributed by atoms with Gasteiger partial charge >= 0.3 is 6.18 Å². The maximum absolute atomic E-state index is 12.0. The molecule has 1 aromatic rings. The first-order valence-electron chi connectivity index (χ1n) is 5.54. The van der Waals surface area contributed by atoms with Crippen LogP contribution in [-0.2, 0) is 0 Å². The van der Waals surface area contributed by atoms with Crippen molar-refractivity contribution in [2.45, 2.75) is 25.6 Å². The molecule has 1 N–H and O–H groups in total. The number of aliphatic hydroxyl groups is 1. The van der Waals surface area contributed by atoms with Crippen molar-refractivity contribution in [2.24, 2.45) is 0 Å². The molecular weight excluding hydrogens is 249 g/mol. The maximum atomic E-state index is 12.0. The molecule has 0 saturated carbocycles. The van der Waals surface area contributed by atoms with E-state index in [0.717, 1.165) is 6.42 Å². The van der Waals surface area contributed by atoms with E-state index in [9.17, 15) is 13.2 Å². The first-order chi connectivity index (χ1) is 8.43. The lowest BCUT2D eigenvalue weighted by molar-refractivity contribution is -0.210. The molecule has 0 aliphatic heterocycles. The van der Waals surface area contributed by atoms with Gasteiger partial charge in [0, 0.05) is 0 Å². The predicted octanol–water partition coefficient (Wildman–Crippen LogP) is 2.78. The molecule has 0 saturated heterocycles. The van der Waals surface area contributed by atoms with E-state index in [0.29, 0.717) is 12.4 Å². The van der Waals surface area contributed by atoms with Crippen LogP contribution in [0.4, 0.5) is 13.2 Å². The van der Waals surface area contributed by atoms with Crippen molar-refractivity contribution in [3.63, 3.8) is 0 Å². The molecule has 18 heavy (non-hydrogen) atoms. The van der Waals surface area contributed by atoms with Crippen LogP contribution in [0.25, 0.3) is 0 Å². The molecule has 0 spiro atoms. The third kappa shape index (κ3) is 4.83. The summed E-state index contributed by atoms with van der Waals surface area (Å²) in [6, 6.07) is 6.19. The summed E-state index contributed by atoms with van der Waals surface area (Å²) in [4.78, 5) is 0. The summed E-state index contributed by atoms with van der Waals surface area (Å²) >= 11 is 0. The summed E-state index contributed by atoms with van der Waals surface area (Å²) in [6.07, 6.45) is -6.27. The number of halogens is 3. The van der Waals surface area contributed by atoms with Crippen LogP contribution >= 0.6 is 0 Å². The molecule has 0 heterocycles. The molecule has 6 heteroatoms. The van der Waals surface area contributed by atoms with Gasteiger partial charge in [0.25, 0.3) is 0 Å². The van der Waals surface area contributed by atoms with Gasteiger partial charge in [0.15, 0.2) is 6.10 Å². The minimum Gasteiger partial charge on any atom is -0.494 e. The van der Waals surface area contributed by atoms with Crippen molar-refractivity contribution >= 4 is 0 Å². The van der Waals surface area contributed by atoms with Crippen molar-refractivity contribution in [1.29, 1.82) is 0 Å². The normalized spacial score (nSPS) is 13.2. The number of alkyl halides is 3. The molecule has 0 aliphatic carbocycles. The number of ether oxygens (including phenoxy) is 2. The first-order valence-corrected chi connectivity index (χ1v) is 5.54. The lowest BCUT2D eigenvalue weighted by Gasteiger charge is -2.15. The van der Waals surface area contributed by atoms with Gasteiger partial charge < -0.3 is 14.6 Å². The van der Waals surface area contributed by atoms with Gasteiger partial charge in [0.1, 0.15) is 18.1 Å². The van der Waals surface area contributed by atoms with Gasteiger partial charge in [-0.25, -0.2) is 0 Å². The van der Waals surface area contributed by atoms with Crippen LogP contribution in [0.1, 0.15) is 13.3 Å². The molecule has 1 unspecified atom stereocenters. The Kier molecular flexibility index (Phi) is 5.27. The average Bonchev–Trinajstić information content (AvgIpc) is 2.33. The summed E-state index contributed by atoms with van der Waals surface area (Å²) in [5, 5.41) is 8.74. The van der Waals surface area contributed by atoms with E-state index >= 15 is 0 Å². The highest BCUT2D eigenvalue weighted by Gasteiger charge is 2.38. The second-order valence-corrected chi connectivity index (χ2v) is 3.69. The fraction of sp³-hybridized carbons (Fsp3) is 0.500. The van der Waals surface area contributed by atoms with E-state index in [-0.39, 0.29) is 5.75 Å². The monoisotopic (exact) mass is 264 g/mol. The number of rotatable bonds is 6. The highest BCUT2D eigenvalue weighted by molar-refractivity contribution is 5.31. The van der Waals surface area contributed by atoms with E-state index in [2.05, 4.69) is 0 Å². The molecule has 3 nitrogen and oxygen atoms in total. The molecule has 0 radical (unpaired) electrons. The van der Waals surface area contributed by atoms with Gasteiger partial charge in [-0.2, -0.15) is 13.2 Å². The summed E-state index contributed by atoms with van der Waals surface area (Å²) in [5.74, 6) is 0.878. The van der Waals surface area contributed by atoms with Crippen LogP contribution < -0.4 is 9.47 Å². The summed E-state index contributed by atoms with van der Waals surface area (Å²) in [7, 11) is 0. The molecule has 1 aromatic carbocycles. The molecule has 0 aliphatic rings. The Balaban J connectivity index is 2.44. The van der Waals surface area contributed by atoms with Crippen molar-refractivity contribution in [3.05, 3.63) is 24.3 Å². The van der Waals surface area contributed by atoms with Gasteiger partial charge in [0.2, 0.25) is 0 Å². The molecule has 0 bridgehead atoms. The van der Waals surface area contributed by atoms with Gasteiger partial charge in [-0.3, -0.25) is 0 Å². The summed E-state index contributed by atoms with van der Waals surface area (Å²) in [6.45, 7) is 1.72. The zero-order valence-corrected chi connectivity index (χ0v) is 9.91. The van der Waals surface area contributed by atoms with E-state index < -0.39 is 18.9 Å². The second kappa shape index (κ2) is 6.49. The molecule has 0 aromatic heterocycles. The molecule has 0 amide bonds. The Labute approximate surface area is 103 Å². The fourth-order valence-electron chi connectivity index (χ4n) is 1.12. The number of hydrogen-bond acceptors (Lipinski definition) is 3. The number of hydrogen-bond donors (Lipinski definition) is 1. The van der Waals surface area contributed by atoms with Gasteiger partial charge in [0.05, 0.1) is 6.61 Å². The van der Waals surface area contributed by atoms with Crippen LogP contribution in [0.15, 0.2) is 24.3 Å². The molecule has 1 atom stereocenters. The van der Waals surface area contributed by atoms with Gasteiger partial charge in [-0.15, -0.1) is 0 Å². The van der Waals surface area contributed by atoms with Gasteiger partial charge in [-0.05, 0) is 30.7 Å². The Morgan fingerprint density at radius 3 is 2.06 bits per heavy atom. The van der Waals surface area contributed by atoms with Gasteiger partial charge in [-0.1, -0.05) is 6.92 Å². The van der Waals surface area contributed by atoms with Crippen LogP contribution in [0, 0.1) is 0 Å². The highest BCUT2D eigenvalue weighted by atomic mass is 19.4. The first kappa shape index (κ1) is 14.6. The Morgan fingerprint density at radius 1 is 1.11 bits per heavy atom. The van der Waals surface area contributed by atoms with Crippen LogP contribution in [0.2, 0.25) is 0 Å². The molecule has 102 valence electrons. The van der Waals surface area contributed by atoms with Crippen molar-refractivity contribution < 1.29 is 27.8 Å². The Morgan fingerprint density at radius 2 is 1.61 bits per heavy atom. The highest BCUT2D eigenvalue weighted by Crippen LogP contribution is 2.22. The van der Waals surface area contributed by atoms with Crippen LogP contribution in [0.5, 0.6) is 11.5 Å². The molecular formula is C12H15F3O3. The Hall–Kier alpha value is -1.43. The topological polar surface area (TPSA) is 38.7 Å². The van der Waals surface area contributed by atoms with E-state index in [4.69, 9.17) is 14.6 Å². The maximum Gasteiger partial charge on any atom is 0.417 e. The van der Waals surface area contributed by atoms with E-state index in [1.54, 1.807) is 12.1 Å². The zero-order valence-electron chi connectivity index (χ0n) is 9.91. The molecule has 1 rings (SSSR count).